The Labute approximate surface area is 165 Å². The zero-order valence-corrected chi connectivity index (χ0v) is 17.3. The van der Waals surface area contributed by atoms with Crippen LogP contribution in [-0.2, 0) is 16.6 Å². The smallest absolute Gasteiger partial charge is 0.310 e. The Hall–Kier alpha value is -1.31. The van der Waals surface area contributed by atoms with Crippen molar-refractivity contribution in [3.63, 3.8) is 0 Å². The SMILES string of the molecule is CCCCCCc1ccc(C2(C3(C(=O)O)CCCCC3)CCCCC2)cc1. The van der Waals surface area contributed by atoms with Gasteiger partial charge in [-0.15, -0.1) is 0 Å². The normalized spacial score (nSPS) is 21.7. The predicted octanol–water partition coefficient (Wildman–Crippen LogP) is 7.05. The second kappa shape index (κ2) is 9.26. The van der Waals surface area contributed by atoms with E-state index in [4.69, 9.17) is 0 Å². The van der Waals surface area contributed by atoms with Gasteiger partial charge in [0.05, 0.1) is 5.41 Å². The molecule has 2 saturated carbocycles. The molecule has 0 atom stereocenters. The fourth-order valence-corrected chi connectivity index (χ4v) is 6.00. The van der Waals surface area contributed by atoms with Crippen LogP contribution in [0.2, 0.25) is 0 Å². The summed E-state index contributed by atoms with van der Waals surface area (Å²) in [6, 6.07) is 9.16. The minimum atomic E-state index is -0.547. The van der Waals surface area contributed by atoms with Crippen LogP contribution in [-0.4, -0.2) is 11.1 Å². The van der Waals surface area contributed by atoms with Gasteiger partial charge in [0.1, 0.15) is 0 Å². The number of hydrogen-bond donors (Lipinski definition) is 1. The summed E-state index contributed by atoms with van der Waals surface area (Å²) in [6.45, 7) is 2.25. The molecule has 0 spiro atoms. The lowest BCUT2D eigenvalue weighted by Gasteiger charge is -2.52. The summed E-state index contributed by atoms with van der Waals surface area (Å²) in [5, 5.41) is 10.4. The first-order chi connectivity index (χ1) is 13.1. The van der Waals surface area contributed by atoms with E-state index in [0.717, 1.165) is 44.9 Å². The van der Waals surface area contributed by atoms with E-state index >= 15 is 0 Å². The van der Waals surface area contributed by atoms with Crippen molar-refractivity contribution in [1.82, 2.24) is 0 Å². The number of aliphatic carboxylic acids is 1. The maximum atomic E-state index is 12.6. The predicted molar refractivity (Wildman–Crippen MR) is 112 cm³/mol. The zero-order valence-electron chi connectivity index (χ0n) is 17.3. The number of unbranched alkanes of at least 4 members (excludes halogenated alkanes) is 3. The van der Waals surface area contributed by atoms with Crippen LogP contribution in [0.3, 0.4) is 0 Å². The third-order valence-corrected chi connectivity index (χ3v) is 7.57. The Balaban J connectivity index is 1.87. The number of hydrogen-bond acceptors (Lipinski definition) is 1. The summed E-state index contributed by atoms with van der Waals surface area (Å²) < 4.78 is 0. The molecule has 0 amide bonds. The lowest BCUT2D eigenvalue weighted by atomic mass is 9.50. The third kappa shape index (κ3) is 4.10. The second-order valence-corrected chi connectivity index (χ2v) is 9.10. The van der Waals surface area contributed by atoms with E-state index in [9.17, 15) is 9.90 Å². The van der Waals surface area contributed by atoms with Crippen LogP contribution in [0, 0.1) is 5.41 Å². The molecule has 2 fully saturated rings. The monoisotopic (exact) mass is 370 g/mol. The van der Waals surface area contributed by atoms with Crippen molar-refractivity contribution < 1.29 is 9.90 Å². The van der Waals surface area contributed by atoms with Crippen molar-refractivity contribution in [2.75, 3.05) is 0 Å². The average Bonchev–Trinajstić information content (AvgIpc) is 2.72. The molecule has 0 heterocycles. The Bertz CT molecular complexity index is 589. The average molecular weight is 371 g/mol. The van der Waals surface area contributed by atoms with Crippen molar-refractivity contribution >= 4 is 5.97 Å². The van der Waals surface area contributed by atoms with Gasteiger partial charge in [-0.05, 0) is 49.7 Å². The summed E-state index contributed by atoms with van der Waals surface area (Å²) in [6.07, 6.45) is 17.1. The topological polar surface area (TPSA) is 37.3 Å². The number of benzene rings is 1. The molecular formula is C25H38O2. The van der Waals surface area contributed by atoms with Crippen LogP contribution in [0.4, 0.5) is 0 Å². The minimum absolute atomic E-state index is 0.155. The quantitative estimate of drug-likeness (QED) is 0.498. The molecule has 0 unspecified atom stereocenters. The van der Waals surface area contributed by atoms with Gasteiger partial charge in [-0.25, -0.2) is 0 Å². The van der Waals surface area contributed by atoms with E-state index in [2.05, 4.69) is 31.2 Å². The zero-order chi connectivity index (χ0) is 19.2. The van der Waals surface area contributed by atoms with Crippen molar-refractivity contribution in [3.05, 3.63) is 35.4 Å². The number of carbonyl (C=O) groups is 1. The van der Waals surface area contributed by atoms with Gasteiger partial charge in [0.15, 0.2) is 0 Å². The van der Waals surface area contributed by atoms with Crippen molar-refractivity contribution in [2.45, 2.75) is 109 Å². The Kier molecular flexibility index (Phi) is 7.00. The van der Waals surface area contributed by atoms with Gasteiger partial charge < -0.3 is 5.11 Å². The van der Waals surface area contributed by atoms with Gasteiger partial charge in [0.2, 0.25) is 0 Å². The molecule has 0 radical (unpaired) electrons. The molecule has 1 aromatic rings. The van der Waals surface area contributed by atoms with Crippen LogP contribution < -0.4 is 0 Å². The highest BCUT2D eigenvalue weighted by molar-refractivity contribution is 5.77. The van der Waals surface area contributed by atoms with E-state index in [-0.39, 0.29) is 5.41 Å². The molecule has 0 saturated heterocycles. The van der Waals surface area contributed by atoms with Crippen LogP contribution in [0.25, 0.3) is 0 Å². The summed E-state index contributed by atoms with van der Waals surface area (Å²) >= 11 is 0. The Morgan fingerprint density at radius 3 is 2.00 bits per heavy atom. The Morgan fingerprint density at radius 1 is 0.852 bits per heavy atom. The Morgan fingerprint density at radius 2 is 1.44 bits per heavy atom. The first kappa shape index (κ1) is 20.4. The van der Waals surface area contributed by atoms with Crippen molar-refractivity contribution in [1.29, 1.82) is 0 Å². The summed E-state index contributed by atoms with van der Waals surface area (Å²) in [5.41, 5.74) is 2.02. The molecule has 2 aliphatic carbocycles. The molecule has 0 aromatic heterocycles. The number of carboxylic acid groups (broad SMARTS) is 1. The fourth-order valence-electron chi connectivity index (χ4n) is 6.00. The highest BCUT2D eigenvalue weighted by Crippen LogP contribution is 2.58. The number of carboxylic acids is 1. The molecule has 2 heteroatoms. The summed E-state index contributed by atoms with van der Waals surface area (Å²) in [5.74, 6) is -0.534. The largest absolute Gasteiger partial charge is 0.481 e. The third-order valence-electron chi connectivity index (χ3n) is 7.57. The van der Waals surface area contributed by atoms with Crippen molar-refractivity contribution in [2.24, 2.45) is 5.41 Å². The maximum absolute atomic E-state index is 12.6. The fraction of sp³-hybridized carbons (Fsp3) is 0.720. The first-order valence-corrected chi connectivity index (χ1v) is 11.5. The van der Waals surface area contributed by atoms with Gasteiger partial charge in [-0.2, -0.15) is 0 Å². The lowest BCUT2D eigenvalue weighted by molar-refractivity contribution is -0.159. The van der Waals surface area contributed by atoms with E-state index < -0.39 is 11.4 Å². The summed E-state index contributed by atoms with van der Waals surface area (Å²) in [4.78, 5) is 12.6. The van der Waals surface area contributed by atoms with Crippen LogP contribution in [0.5, 0.6) is 0 Å². The second-order valence-electron chi connectivity index (χ2n) is 9.10. The summed E-state index contributed by atoms with van der Waals surface area (Å²) in [7, 11) is 0. The molecule has 3 rings (SSSR count). The van der Waals surface area contributed by atoms with Gasteiger partial charge in [-0.3, -0.25) is 4.79 Å². The van der Waals surface area contributed by atoms with E-state index in [1.54, 1.807) is 0 Å². The highest BCUT2D eigenvalue weighted by Gasteiger charge is 2.57. The first-order valence-electron chi connectivity index (χ1n) is 11.5. The van der Waals surface area contributed by atoms with E-state index in [1.165, 1.54) is 62.5 Å². The standard InChI is InChI=1S/C25H38O2/c1-2-3-4-7-12-21-13-15-22(16-14-21)24(17-8-5-9-18-24)25(23(26)27)19-10-6-11-20-25/h13-16H,2-12,17-20H2,1H3,(H,26,27). The van der Waals surface area contributed by atoms with Gasteiger partial charge >= 0.3 is 5.97 Å². The molecule has 2 nitrogen and oxygen atoms in total. The van der Waals surface area contributed by atoms with Gasteiger partial charge in [-0.1, -0.05) is 89.0 Å². The minimum Gasteiger partial charge on any atom is -0.481 e. The molecule has 27 heavy (non-hydrogen) atoms. The van der Waals surface area contributed by atoms with E-state index in [1.807, 2.05) is 0 Å². The maximum Gasteiger partial charge on any atom is 0.310 e. The van der Waals surface area contributed by atoms with Crippen LogP contribution >= 0.6 is 0 Å². The molecule has 0 bridgehead atoms. The van der Waals surface area contributed by atoms with Gasteiger partial charge in [0.25, 0.3) is 0 Å². The number of aryl methyl sites for hydroxylation is 1. The molecule has 1 N–H and O–H groups in total. The van der Waals surface area contributed by atoms with E-state index in [0.29, 0.717) is 0 Å². The van der Waals surface area contributed by atoms with Gasteiger partial charge in [0, 0.05) is 5.41 Å². The van der Waals surface area contributed by atoms with Crippen LogP contribution in [0.1, 0.15) is 108 Å². The van der Waals surface area contributed by atoms with Crippen LogP contribution in [0.15, 0.2) is 24.3 Å². The molecular weight excluding hydrogens is 332 g/mol. The van der Waals surface area contributed by atoms with Crippen molar-refractivity contribution in [3.8, 4) is 0 Å². The molecule has 0 aliphatic heterocycles. The highest BCUT2D eigenvalue weighted by atomic mass is 16.4. The molecule has 1 aromatic carbocycles. The molecule has 150 valence electrons. The molecule has 2 aliphatic rings. The lowest BCUT2D eigenvalue weighted by Crippen LogP contribution is -2.53. The number of rotatable bonds is 8.